The van der Waals surface area contributed by atoms with Crippen LogP contribution >= 0.6 is 11.6 Å². The first-order chi connectivity index (χ1) is 10.4. The van der Waals surface area contributed by atoms with Crippen molar-refractivity contribution in [1.82, 2.24) is 9.97 Å². The number of fused-ring (bicyclic) bond motifs is 1. The van der Waals surface area contributed by atoms with Gasteiger partial charge in [0, 0.05) is 11.6 Å². The summed E-state index contributed by atoms with van der Waals surface area (Å²) in [5, 5.41) is 10.6. The van der Waals surface area contributed by atoms with Gasteiger partial charge in [0.1, 0.15) is 10.7 Å². The molecule has 9 heteroatoms. The van der Waals surface area contributed by atoms with E-state index in [0.29, 0.717) is 5.39 Å². The predicted molar refractivity (Wildman–Crippen MR) is 79.7 cm³/mol. The normalized spacial score (nSPS) is 11.7. The van der Waals surface area contributed by atoms with Crippen molar-refractivity contribution >= 4 is 38.2 Å². The fourth-order valence-corrected chi connectivity index (χ4v) is 3.81. The van der Waals surface area contributed by atoms with Crippen LogP contribution in [0, 0.1) is 10.1 Å². The lowest BCUT2D eigenvalue weighted by Crippen LogP contribution is -2.09. The molecule has 7 nitrogen and oxygen atoms in total. The highest BCUT2D eigenvalue weighted by Crippen LogP contribution is 2.37. The van der Waals surface area contributed by atoms with Gasteiger partial charge < -0.3 is 4.98 Å². The molecular weight excluding hydrogens is 330 g/mol. The first kappa shape index (κ1) is 14.5. The minimum Gasteiger partial charge on any atom is -0.346 e. The van der Waals surface area contributed by atoms with E-state index in [-0.39, 0.29) is 15.6 Å². The second-order valence-electron chi connectivity index (χ2n) is 4.39. The Hall–Kier alpha value is -2.45. The molecule has 2 aromatic heterocycles. The van der Waals surface area contributed by atoms with Crippen molar-refractivity contribution in [3.8, 4) is 0 Å². The van der Waals surface area contributed by atoms with Crippen LogP contribution in [0.1, 0.15) is 0 Å². The largest absolute Gasteiger partial charge is 0.346 e. The fraction of sp³-hybridized carbons (Fsp3) is 0. The molecule has 0 spiro atoms. The molecule has 112 valence electrons. The molecule has 0 aliphatic rings. The number of rotatable bonds is 3. The van der Waals surface area contributed by atoms with Crippen molar-refractivity contribution in [2.24, 2.45) is 0 Å². The van der Waals surface area contributed by atoms with Crippen LogP contribution in [0.4, 0.5) is 5.69 Å². The summed E-state index contributed by atoms with van der Waals surface area (Å²) >= 11 is 6.01. The number of nitrogens with one attached hydrogen (secondary N) is 1. The Labute approximate surface area is 129 Å². The van der Waals surface area contributed by atoms with E-state index in [2.05, 4.69) is 9.97 Å². The maximum Gasteiger partial charge on any atom is 0.326 e. The number of sulfone groups is 1. The van der Waals surface area contributed by atoms with Crippen molar-refractivity contribution in [3.63, 3.8) is 0 Å². The van der Waals surface area contributed by atoms with Crippen LogP contribution in [0.15, 0.2) is 52.5 Å². The molecule has 0 fully saturated rings. The smallest absolute Gasteiger partial charge is 0.326 e. The Bertz CT molecular complexity index is 983. The van der Waals surface area contributed by atoms with Gasteiger partial charge in [-0.25, -0.2) is 13.4 Å². The van der Waals surface area contributed by atoms with Gasteiger partial charge in [-0.1, -0.05) is 29.8 Å². The van der Waals surface area contributed by atoms with Crippen LogP contribution in [0.25, 0.3) is 11.0 Å². The van der Waals surface area contributed by atoms with Crippen LogP contribution < -0.4 is 0 Å². The lowest BCUT2D eigenvalue weighted by molar-refractivity contribution is -0.388. The minimum absolute atomic E-state index is 0.0902. The topological polar surface area (TPSA) is 106 Å². The maximum absolute atomic E-state index is 12.6. The lowest BCUT2D eigenvalue weighted by atomic mass is 10.3. The van der Waals surface area contributed by atoms with Crippen LogP contribution in [0.3, 0.4) is 0 Å². The van der Waals surface area contributed by atoms with Gasteiger partial charge in [-0.3, -0.25) is 10.1 Å². The summed E-state index contributed by atoms with van der Waals surface area (Å²) in [7, 11) is -4.16. The minimum atomic E-state index is -4.16. The molecule has 0 aliphatic heterocycles. The van der Waals surface area contributed by atoms with Gasteiger partial charge in [0.2, 0.25) is 14.9 Å². The average molecular weight is 338 g/mol. The number of pyridine rings is 1. The molecule has 22 heavy (non-hydrogen) atoms. The van der Waals surface area contributed by atoms with Crippen molar-refractivity contribution < 1.29 is 13.3 Å². The van der Waals surface area contributed by atoms with E-state index in [4.69, 9.17) is 11.6 Å². The Morgan fingerprint density at radius 1 is 1.18 bits per heavy atom. The van der Waals surface area contributed by atoms with Crippen molar-refractivity contribution in [2.45, 2.75) is 9.92 Å². The Morgan fingerprint density at radius 3 is 2.50 bits per heavy atom. The maximum atomic E-state index is 12.6. The van der Waals surface area contributed by atoms with Gasteiger partial charge in [-0.05, 0) is 18.2 Å². The standard InChI is InChI=1S/C13H8ClN3O4S/c14-10-9-6-7-15-12(9)16-13(11(10)17(18)19)22(20,21)8-4-2-1-3-5-8/h1-7H,(H,15,16). The van der Waals surface area contributed by atoms with Gasteiger partial charge in [-0.2, -0.15) is 0 Å². The summed E-state index contributed by atoms with van der Waals surface area (Å²) < 4.78 is 25.3. The molecule has 0 radical (unpaired) electrons. The molecule has 0 atom stereocenters. The monoisotopic (exact) mass is 337 g/mol. The summed E-state index contributed by atoms with van der Waals surface area (Å²) in [6, 6.07) is 8.86. The summed E-state index contributed by atoms with van der Waals surface area (Å²) in [6.45, 7) is 0. The molecular formula is C13H8ClN3O4S. The molecule has 2 heterocycles. The lowest BCUT2D eigenvalue weighted by Gasteiger charge is -2.06. The SMILES string of the molecule is O=[N+]([O-])c1c(S(=O)(=O)c2ccccc2)nc2[nH]ccc2c1Cl. The third kappa shape index (κ3) is 2.13. The van der Waals surface area contributed by atoms with Crippen LogP contribution in [-0.2, 0) is 9.84 Å². The van der Waals surface area contributed by atoms with E-state index >= 15 is 0 Å². The quantitative estimate of drug-likeness (QED) is 0.584. The molecule has 0 amide bonds. The van der Waals surface area contributed by atoms with E-state index in [9.17, 15) is 18.5 Å². The number of aromatic nitrogens is 2. The van der Waals surface area contributed by atoms with E-state index in [1.807, 2.05) is 0 Å². The number of hydrogen-bond acceptors (Lipinski definition) is 5. The van der Waals surface area contributed by atoms with E-state index in [0.717, 1.165) is 0 Å². The van der Waals surface area contributed by atoms with Crippen molar-refractivity contribution in [2.75, 3.05) is 0 Å². The molecule has 0 saturated carbocycles. The fourth-order valence-electron chi connectivity index (χ4n) is 2.06. The van der Waals surface area contributed by atoms with Gasteiger partial charge in [0.05, 0.1) is 9.82 Å². The first-order valence-electron chi connectivity index (χ1n) is 6.04. The molecule has 1 aromatic carbocycles. The molecule has 3 aromatic rings. The van der Waals surface area contributed by atoms with E-state index < -0.39 is 25.5 Å². The second kappa shape index (κ2) is 5.08. The number of H-pyrrole nitrogens is 1. The van der Waals surface area contributed by atoms with Crippen molar-refractivity contribution in [1.29, 1.82) is 0 Å². The first-order valence-corrected chi connectivity index (χ1v) is 7.90. The highest BCUT2D eigenvalue weighted by molar-refractivity contribution is 7.91. The molecule has 1 N–H and O–H groups in total. The van der Waals surface area contributed by atoms with E-state index in [1.165, 1.54) is 36.5 Å². The summed E-state index contributed by atoms with van der Waals surface area (Å²) in [5.74, 6) is 0. The van der Waals surface area contributed by atoms with Crippen LogP contribution in [0.2, 0.25) is 5.02 Å². The van der Waals surface area contributed by atoms with Crippen molar-refractivity contribution in [3.05, 3.63) is 57.7 Å². The number of halogens is 1. The zero-order valence-electron chi connectivity index (χ0n) is 10.9. The zero-order valence-corrected chi connectivity index (χ0v) is 12.4. The third-order valence-corrected chi connectivity index (χ3v) is 5.15. The number of nitrogens with zero attached hydrogens (tertiary/aromatic N) is 2. The third-order valence-electron chi connectivity index (χ3n) is 3.08. The van der Waals surface area contributed by atoms with Gasteiger partial charge >= 0.3 is 5.69 Å². The molecule has 3 rings (SSSR count). The predicted octanol–water partition coefficient (Wildman–Crippen LogP) is 2.96. The number of aromatic amines is 1. The van der Waals surface area contributed by atoms with Crippen LogP contribution in [0.5, 0.6) is 0 Å². The van der Waals surface area contributed by atoms with Gasteiger partial charge in [0.25, 0.3) is 0 Å². The number of benzene rings is 1. The summed E-state index contributed by atoms with van der Waals surface area (Å²) in [5.41, 5.74) is -0.553. The molecule has 0 aliphatic carbocycles. The van der Waals surface area contributed by atoms with E-state index in [1.54, 1.807) is 6.07 Å². The molecule has 0 unspecified atom stereocenters. The Kier molecular flexibility index (Phi) is 3.34. The highest BCUT2D eigenvalue weighted by atomic mass is 35.5. The molecule has 0 saturated heterocycles. The van der Waals surface area contributed by atoms with Gasteiger partial charge in [0.15, 0.2) is 0 Å². The summed E-state index contributed by atoms with van der Waals surface area (Å²) in [4.78, 5) is 17.0. The average Bonchev–Trinajstić information content (AvgIpc) is 2.96. The Balaban J connectivity index is 2.40. The Morgan fingerprint density at radius 2 is 1.86 bits per heavy atom. The zero-order chi connectivity index (χ0) is 15.9. The highest BCUT2D eigenvalue weighted by Gasteiger charge is 2.33. The second-order valence-corrected chi connectivity index (χ2v) is 6.64. The molecule has 0 bridgehead atoms. The van der Waals surface area contributed by atoms with Crippen LogP contribution in [-0.4, -0.2) is 23.3 Å². The number of hydrogen-bond donors (Lipinski definition) is 1. The number of nitro groups is 1. The summed E-state index contributed by atoms with van der Waals surface area (Å²) in [6.07, 6.45) is 1.48. The van der Waals surface area contributed by atoms with Gasteiger partial charge in [-0.15, -0.1) is 0 Å².